The van der Waals surface area contributed by atoms with Crippen LogP contribution in [-0.4, -0.2) is 25.8 Å². The minimum atomic E-state index is -0.0331. The second-order valence-electron chi connectivity index (χ2n) is 5.59. The van der Waals surface area contributed by atoms with Crippen LogP contribution in [-0.2, 0) is 12.0 Å². The maximum Gasteiger partial charge on any atom is 0.225 e. The summed E-state index contributed by atoms with van der Waals surface area (Å²) in [5, 5.41) is 8.63. The van der Waals surface area contributed by atoms with Crippen molar-refractivity contribution in [2.24, 2.45) is 0 Å². The van der Waals surface area contributed by atoms with Crippen molar-refractivity contribution in [3.8, 4) is 0 Å². The first-order valence-corrected chi connectivity index (χ1v) is 6.92. The normalized spacial score (nSPS) is 13.2. The number of aromatic nitrogens is 3. The van der Waals surface area contributed by atoms with Crippen molar-refractivity contribution in [3.63, 3.8) is 0 Å². The van der Waals surface area contributed by atoms with Crippen molar-refractivity contribution >= 4 is 23.4 Å². The van der Waals surface area contributed by atoms with Crippen LogP contribution in [0.3, 0.4) is 0 Å². The highest BCUT2D eigenvalue weighted by Gasteiger charge is 2.27. The van der Waals surface area contributed by atoms with Gasteiger partial charge in [-0.2, -0.15) is 11.8 Å². The molecule has 1 aromatic rings. The highest BCUT2D eigenvalue weighted by atomic mass is 35.5. The summed E-state index contributed by atoms with van der Waals surface area (Å²) in [5.74, 6) is 0.944. The third kappa shape index (κ3) is 3.14. The first-order valence-electron chi connectivity index (χ1n) is 5.32. The van der Waals surface area contributed by atoms with Gasteiger partial charge in [-0.3, -0.25) is 4.57 Å². The van der Waals surface area contributed by atoms with Gasteiger partial charge in [-0.1, -0.05) is 20.8 Å². The van der Waals surface area contributed by atoms with Crippen molar-refractivity contribution in [3.05, 3.63) is 11.1 Å². The number of rotatable bonds is 3. The number of halogens is 1. The van der Waals surface area contributed by atoms with Crippen molar-refractivity contribution in [1.29, 1.82) is 0 Å². The van der Waals surface area contributed by atoms with E-state index in [-0.39, 0.29) is 10.2 Å². The predicted octanol–water partition coefficient (Wildman–Crippen LogP) is 3.37. The Morgan fingerprint density at radius 1 is 1.19 bits per heavy atom. The average molecular weight is 262 g/mol. The fraction of sp³-hybridized carbons (Fsp3) is 0.818. The number of thioether (sulfide) groups is 1. The van der Waals surface area contributed by atoms with Gasteiger partial charge in [0.25, 0.3) is 0 Å². The van der Waals surface area contributed by atoms with Gasteiger partial charge in [-0.25, -0.2) is 0 Å². The molecule has 1 heterocycles. The Hall–Kier alpha value is -0.220. The molecule has 92 valence electrons. The van der Waals surface area contributed by atoms with E-state index in [0.29, 0.717) is 5.28 Å². The molecule has 3 nitrogen and oxygen atoms in total. The Morgan fingerprint density at radius 2 is 1.75 bits per heavy atom. The fourth-order valence-corrected chi connectivity index (χ4v) is 1.86. The minimum absolute atomic E-state index is 0.0331. The second-order valence-corrected chi connectivity index (χ2v) is 7.44. The molecule has 0 aliphatic rings. The standard InChI is InChI=1S/C11H20ClN3S/c1-10(2,3)8-13-14-9(12)15(8)7-11(4,5)16-6/h7H2,1-6H3. The van der Waals surface area contributed by atoms with Crippen LogP contribution in [0.2, 0.25) is 5.28 Å². The summed E-state index contributed by atoms with van der Waals surface area (Å²) in [6.45, 7) is 11.6. The first kappa shape index (κ1) is 13.8. The van der Waals surface area contributed by atoms with E-state index in [4.69, 9.17) is 11.6 Å². The summed E-state index contributed by atoms with van der Waals surface area (Å²) < 4.78 is 2.14. The van der Waals surface area contributed by atoms with E-state index in [1.165, 1.54) is 0 Å². The average Bonchev–Trinajstić information content (AvgIpc) is 2.47. The Balaban J connectivity index is 3.09. The summed E-state index contributed by atoms with van der Waals surface area (Å²) in [6, 6.07) is 0. The molecular weight excluding hydrogens is 242 g/mol. The lowest BCUT2D eigenvalue weighted by Crippen LogP contribution is -2.27. The van der Waals surface area contributed by atoms with Gasteiger partial charge in [-0.05, 0) is 31.7 Å². The monoisotopic (exact) mass is 261 g/mol. The molecule has 0 bridgehead atoms. The van der Waals surface area contributed by atoms with Crippen molar-refractivity contribution < 1.29 is 0 Å². The van der Waals surface area contributed by atoms with E-state index in [2.05, 4.69) is 51.1 Å². The zero-order valence-electron chi connectivity index (χ0n) is 10.8. The van der Waals surface area contributed by atoms with Crippen LogP contribution in [0.1, 0.15) is 40.4 Å². The van der Waals surface area contributed by atoms with Crippen LogP contribution in [0, 0.1) is 0 Å². The molecule has 16 heavy (non-hydrogen) atoms. The molecule has 0 aliphatic heterocycles. The highest BCUT2D eigenvalue weighted by Crippen LogP contribution is 2.29. The molecule has 0 saturated carbocycles. The topological polar surface area (TPSA) is 30.7 Å². The van der Waals surface area contributed by atoms with Gasteiger partial charge in [0.05, 0.1) is 0 Å². The summed E-state index contributed by atoms with van der Waals surface area (Å²) >= 11 is 7.91. The molecule has 0 spiro atoms. The highest BCUT2D eigenvalue weighted by molar-refractivity contribution is 7.99. The Kier molecular flexibility index (Phi) is 3.95. The smallest absolute Gasteiger partial charge is 0.225 e. The van der Waals surface area contributed by atoms with Crippen LogP contribution < -0.4 is 0 Å². The van der Waals surface area contributed by atoms with Crippen LogP contribution in [0.5, 0.6) is 0 Å². The molecule has 0 unspecified atom stereocenters. The molecule has 0 radical (unpaired) electrons. The number of hydrogen-bond acceptors (Lipinski definition) is 3. The number of nitrogens with zero attached hydrogens (tertiary/aromatic N) is 3. The quantitative estimate of drug-likeness (QED) is 0.836. The molecule has 0 fully saturated rings. The van der Waals surface area contributed by atoms with Crippen molar-refractivity contribution in [2.45, 2.75) is 51.3 Å². The lowest BCUT2D eigenvalue weighted by atomic mass is 9.95. The molecule has 0 N–H and O–H groups in total. The fourth-order valence-electron chi connectivity index (χ4n) is 1.42. The van der Waals surface area contributed by atoms with Gasteiger partial charge in [-0.15, -0.1) is 10.2 Å². The van der Waals surface area contributed by atoms with E-state index >= 15 is 0 Å². The maximum absolute atomic E-state index is 6.09. The summed E-state index contributed by atoms with van der Waals surface area (Å²) in [5.41, 5.74) is -0.0331. The zero-order chi connectivity index (χ0) is 12.6. The van der Waals surface area contributed by atoms with E-state index in [1.54, 1.807) is 0 Å². The molecule has 5 heteroatoms. The molecule has 1 rings (SSSR count). The van der Waals surface area contributed by atoms with E-state index in [0.717, 1.165) is 12.4 Å². The summed E-state index contributed by atoms with van der Waals surface area (Å²) in [4.78, 5) is 0. The van der Waals surface area contributed by atoms with Gasteiger partial charge in [0, 0.05) is 16.7 Å². The maximum atomic E-state index is 6.09. The second kappa shape index (κ2) is 4.57. The molecule has 0 aromatic carbocycles. The largest absolute Gasteiger partial charge is 0.300 e. The van der Waals surface area contributed by atoms with Gasteiger partial charge < -0.3 is 0 Å². The molecule has 0 aliphatic carbocycles. The zero-order valence-corrected chi connectivity index (χ0v) is 12.4. The minimum Gasteiger partial charge on any atom is -0.300 e. The van der Waals surface area contributed by atoms with E-state index in [1.807, 2.05) is 16.3 Å². The van der Waals surface area contributed by atoms with E-state index < -0.39 is 0 Å². The van der Waals surface area contributed by atoms with Gasteiger partial charge >= 0.3 is 0 Å². The molecule has 0 saturated heterocycles. The van der Waals surface area contributed by atoms with Gasteiger partial charge in [0.2, 0.25) is 5.28 Å². The lowest BCUT2D eigenvalue weighted by Gasteiger charge is -2.26. The van der Waals surface area contributed by atoms with Crippen LogP contribution >= 0.6 is 23.4 Å². The van der Waals surface area contributed by atoms with Crippen molar-refractivity contribution in [2.75, 3.05) is 6.26 Å². The summed E-state index contributed by atoms with van der Waals surface area (Å²) in [7, 11) is 0. The third-order valence-electron chi connectivity index (χ3n) is 2.47. The van der Waals surface area contributed by atoms with Gasteiger partial charge in [0.15, 0.2) is 0 Å². The predicted molar refractivity (Wildman–Crippen MR) is 71.3 cm³/mol. The molecule has 0 atom stereocenters. The third-order valence-corrected chi connectivity index (χ3v) is 3.98. The van der Waals surface area contributed by atoms with E-state index in [9.17, 15) is 0 Å². The Bertz CT molecular complexity index is 366. The Morgan fingerprint density at radius 3 is 2.19 bits per heavy atom. The number of hydrogen-bond donors (Lipinski definition) is 0. The first-order chi connectivity index (χ1) is 7.17. The molecular formula is C11H20ClN3S. The SMILES string of the molecule is CSC(C)(C)Cn1c(Cl)nnc1C(C)(C)C. The van der Waals surface area contributed by atoms with Crippen LogP contribution in [0.25, 0.3) is 0 Å². The van der Waals surface area contributed by atoms with Gasteiger partial charge in [0.1, 0.15) is 5.82 Å². The Labute approximate surface area is 107 Å². The van der Waals surface area contributed by atoms with Crippen LogP contribution in [0.4, 0.5) is 0 Å². The molecule has 0 amide bonds. The molecule has 1 aromatic heterocycles. The van der Waals surface area contributed by atoms with Crippen LogP contribution in [0.15, 0.2) is 0 Å². The van der Waals surface area contributed by atoms with Crippen molar-refractivity contribution in [1.82, 2.24) is 14.8 Å². The summed E-state index contributed by atoms with van der Waals surface area (Å²) in [6.07, 6.45) is 2.11. The lowest BCUT2D eigenvalue weighted by molar-refractivity contribution is 0.470.